The minimum atomic E-state index is -0.246. The van der Waals surface area contributed by atoms with Crippen molar-refractivity contribution < 1.29 is 9.59 Å². The standard InChI is InChI=1S/C14H18ClN3O2/c15-11-3-5-12(6-4-11)18-13(19)9-17-14(20)10-2-1-7-16-8-10/h3-6,10,16H,1-2,7-9H2,(H,17,20)(H,18,19). The molecule has 1 unspecified atom stereocenters. The smallest absolute Gasteiger partial charge is 0.243 e. The Labute approximate surface area is 123 Å². The molecule has 0 spiro atoms. The number of rotatable bonds is 4. The number of carbonyl (C=O) groups excluding carboxylic acids is 2. The topological polar surface area (TPSA) is 70.2 Å². The Morgan fingerprint density at radius 3 is 2.70 bits per heavy atom. The highest BCUT2D eigenvalue weighted by Gasteiger charge is 2.20. The van der Waals surface area contributed by atoms with Crippen LogP contribution in [0.1, 0.15) is 12.8 Å². The van der Waals surface area contributed by atoms with Crippen molar-refractivity contribution in [2.75, 3.05) is 25.0 Å². The highest BCUT2D eigenvalue weighted by Crippen LogP contribution is 2.13. The van der Waals surface area contributed by atoms with Gasteiger partial charge in [0.25, 0.3) is 0 Å². The Kier molecular flexibility index (Phi) is 5.38. The Bertz CT molecular complexity index is 470. The molecule has 3 N–H and O–H groups in total. The van der Waals surface area contributed by atoms with E-state index >= 15 is 0 Å². The second kappa shape index (κ2) is 7.26. The van der Waals surface area contributed by atoms with Crippen molar-refractivity contribution >= 4 is 29.1 Å². The molecule has 0 aliphatic carbocycles. The van der Waals surface area contributed by atoms with Gasteiger partial charge in [0.2, 0.25) is 11.8 Å². The molecular weight excluding hydrogens is 278 g/mol. The molecule has 0 saturated carbocycles. The van der Waals surface area contributed by atoms with Crippen LogP contribution in [0.2, 0.25) is 5.02 Å². The van der Waals surface area contributed by atoms with Gasteiger partial charge in [0.05, 0.1) is 12.5 Å². The molecule has 1 aliphatic heterocycles. The molecule has 1 heterocycles. The predicted molar refractivity (Wildman–Crippen MR) is 78.7 cm³/mol. The summed E-state index contributed by atoms with van der Waals surface area (Å²) in [5.41, 5.74) is 0.660. The molecule has 1 aromatic rings. The first-order valence-electron chi connectivity index (χ1n) is 6.69. The van der Waals surface area contributed by atoms with Crippen molar-refractivity contribution in [3.8, 4) is 0 Å². The molecule has 1 saturated heterocycles. The van der Waals surface area contributed by atoms with E-state index < -0.39 is 0 Å². The predicted octanol–water partition coefficient (Wildman–Crippen LogP) is 1.39. The van der Waals surface area contributed by atoms with Gasteiger partial charge in [0.15, 0.2) is 0 Å². The molecule has 1 fully saturated rings. The van der Waals surface area contributed by atoms with E-state index in [1.165, 1.54) is 0 Å². The van der Waals surface area contributed by atoms with E-state index in [2.05, 4.69) is 16.0 Å². The maximum Gasteiger partial charge on any atom is 0.243 e. The Balaban J connectivity index is 1.74. The number of nitrogens with one attached hydrogen (secondary N) is 3. The van der Waals surface area contributed by atoms with E-state index in [0.29, 0.717) is 17.3 Å². The number of benzene rings is 1. The van der Waals surface area contributed by atoms with Crippen molar-refractivity contribution in [1.82, 2.24) is 10.6 Å². The average Bonchev–Trinajstić information content (AvgIpc) is 2.48. The Morgan fingerprint density at radius 2 is 2.05 bits per heavy atom. The van der Waals surface area contributed by atoms with Crippen molar-refractivity contribution in [2.45, 2.75) is 12.8 Å². The van der Waals surface area contributed by atoms with Gasteiger partial charge in [-0.3, -0.25) is 9.59 Å². The number of carbonyl (C=O) groups is 2. The zero-order valence-electron chi connectivity index (χ0n) is 11.1. The minimum absolute atomic E-state index is 0.0159. The SMILES string of the molecule is O=C(CNC(=O)C1CCCNC1)Nc1ccc(Cl)cc1. The second-order valence-electron chi connectivity index (χ2n) is 4.82. The van der Waals surface area contributed by atoms with Crippen molar-refractivity contribution in [3.63, 3.8) is 0 Å². The summed E-state index contributed by atoms with van der Waals surface area (Å²) >= 11 is 5.76. The van der Waals surface area contributed by atoms with Gasteiger partial charge in [-0.25, -0.2) is 0 Å². The quantitative estimate of drug-likeness (QED) is 0.786. The molecule has 0 aromatic heterocycles. The summed E-state index contributed by atoms with van der Waals surface area (Å²) in [6.07, 6.45) is 1.87. The lowest BCUT2D eigenvalue weighted by atomic mass is 9.99. The molecule has 2 rings (SSSR count). The zero-order chi connectivity index (χ0) is 14.4. The van der Waals surface area contributed by atoms with Crippen molar-refractivity contribution in [2.24, 2.45) is 5.92 Å². The number of piperidine rings is 1. The summed E-state index contributed by atoms with van der Waals surface area (Å²) in [7, 11) is 0. The number of halogens is 1. The fraction of sp³-hybridized carbons (Fsp3) is 0.429. The van der Waals surface area contributed by atoms with E-state index in [9.17, 15) is 9.59 Å². The first-order chi connectivity index (χ1) is 9.65. The van der Waals surface area contributed by atoms with E-state index in [-0.39, 0.29) is 24.3 Å². The van der Waals surface area contributed by atoms with Gasteiger partial charge in [-0.2, -0.15) is 0 Å². The van der Waals surface area contributed by atoms with Crippen LogP contribution in [0.4, 0.5) is 5.69 Å². The summed E-state index contributed by atoms with van der Waals surface area (Å²) in [5, 5.41) is 9.15. The fourth-order valence-corrected chi connectivity index (χ4v) is 2.25. The number of hydrogen-bond acceptors (Lipinski definition) is 3. The van der Waals surface area contributed by atoms with E-state index in [1.807, 2.05) is 0 Å². The van der Waals surface area contributed by atoms with Gasteiger partial charge in [-0.15, -0.1) is 0 Å². The Morgan fingerprint density at radius 1 is 1.30 bits per heavy atom. The number of anilines is 1. The lowest BCUT2D eigenvalue weighted by Gasteiger charge is -2.21. The van der Waals surface area contributed by atoms with Crippen LogP contribution < -0.4 is 16.0 Å². The molecule has 1 aliphatic rings. The molecular formula is C14H18ClN3O2. The van der Waals surface area contributed by atoms with Gasteiger partial charge in [-0.05, 0) is 43.7 Å². The van der Waals surface area contributed by atoms with Gasteiger partial charge in [-0.1, -0.05) is 11.6 Å². The monoisotopic (exact) mass is 295 g/mol. The minimum Gasteiger partial charge on any atom is -0.347 e. The summed E-state index contributed by atoms with van der Waals surface area (Å²) in [4.78, 5) is 23.6. The molecule has 2 amide bonds. The summed E-state index contributed by atoms with van der Waals surface area (Å²) in [5.74, 6) is -0.347. The largest absolute Gasteiger partial charge is 0.347 e. The van der Waals surface area contributed by atoms with Crippen LogP contribution >= 0.6 is 11.6 Å². The summed E-state index contributed by atoms with van der Waals surface area (Å²) in [6.45, 7) is 1.63. The van der Waals surface area contributed by atoms with E-state index in [1.54, 1.807) is 24.3 Å². The Hall–Kier alpha value is -1.59. The molecule has 5 nitrogen and oxygen atoms in total. The third kappa shape index (κ3) is 4.51. The van der Waals surface area contributed by atoms with Crippen LogP contribution in [0.25, 0.3) is 0 Å². The van der Waals surface area contributed by atoms with Crippen LogP contribution in [0.5, 0.6) is 0 Å². The molecule has 0 bridgehead atoms. The van der Waals surface area contributed by atoms with Crippen LogP contribution in [0, 0.1) is 5.92 Å². The molecule has 1 aromatic carbocycles. The molecule has 6 heteroatoms. The van der Waals surface area contributed by atoms with Crippen LogP contribution in [-0.4, -0.2) is 31.4 Å². The first-order valence-corrected chi connectivity index (χ1v) is 7.07. The third-order valence-corrected chi connectivity index (χ3v) is 3.47. The van der Waals surface area contributed by atoms with Crippen molar-refractivity contribution in [3.05, 3.63) is 29.3 Å². The molecule has 108 valence electrons. The normalized spacial score (nSPS) is 18.4. The zero-order valence-corrected chi connectivity index (χ0v) is 11.9. The number of hydrogen-bond donors (Lipinski definition) is 3. The van der Waals surface area contributed by atoms with Gasteiger partial charge < -0.3 is 16.0 Å². The van der Waals surface area contributed by atoms with E-state index in [4.69, 9.17) is 11.6 Å². The van der Waals surface area contributed by atoms with Crippen LogP contribution in [-0.2, 0) is 9.59 Å². The molecule has 20 heavy (non-hydrogen) atoms. The highest BCUT2D eigenvalue weighted by atomic mass is 35.5. The third-order valence-electron chi connectivity index (χ3n) is 3.22. The lowest BCUT2D eigenvalue weighted by Crippen LogP contribution is -2.42. The second-order valence-corrected chi connectivity index (χ2v) is 5.25. The first kappa shape index (κ1) is 14.8. The molecule has 1 atom stereocenters. The van der Waals surface area contributed by atoms with Gasteiger partial charge in [0.1, 0.15) is 0 Å². The lowest BCUT2D eigenvalue weighted by molar-refractivity contribution is -0.127. The maximum absolute atomic E-state index is 11.9. The summed E-state index contributed by atoms with van der Waals surface area (Å²) < 4.78 is 0. The van der Waals surface area contributed by atoms with Gasteiger partial charge >= 0.3 is 0 Å². The highest BCUT2D eigenvalue weighted by molar-refractivity contribution is 6.30. The van der Waals surface area contributed by atoms with E-state index in [0.717, 1.165) is 19.4 Å². The maximum atomic E-state index is 11.9. The number of amides is 2. The summed E-state index contributed by atoms with van der Waals surface area (Å²) in [6, 6.07) is 6.83. The van der Waals surface area contributed by atoms with Crippen LogP contribution in [0.3, 0.4) is 0 Å². The average molecular weight is 296 g/mol. The fourth-order valence-electron chi connectivity index (χ4n) is 2.13. The molecule has 0 radical (unpaired) electrons. The van der Waals surface area contributed by atoms with Crippen molar-refractivity contribution in [1.29, 1.82) is 0 Å². The van der Waals surface area contributed by atoms with Crippen LogP contribution in [0.15, 0.2) is 24.3 Å². The van der Waals surface area contributed by atoms with Gasteiger partial charge in [0, 0.05) is 17.3 Å².